The second-order valence-corrected chi connectivity index (χ2v) is 6.67. The maximum absolute atomic E-state index is 12.1. The van der Waals surface area contributed by atoms with Gasteiger partial charge in [-0.15, -0.1) is 0 Å². The first kappa shape index (κ1) is 15.0. The Morgan fingerprint density at radius 1 is 1.33 bits per heavy atom. The molecule has 0 aromatic heterocycles. The number of sulfone groups is 1. The molecule has 4 nitrogen and oxygen atoms in total. The first-order valence-corrected chi connectivity index (χ1v) is 7.63. The molecule has 0 spiro atoms. The highest BCUT2D eigenvalue weighted by atomic mass is 32.2. The third kappa shape index (κ3) is 3.99. The van der Waals surface area contributed by atoms with E-state index in [4.69, 9.17) is 4.74 Å². The van der Waals surface area contributed by atoms with E-state index in [0.717, 1.165) is 5.56 Å². The summed E-state index contributed by atoms with van der Waals surface area (Å²) in [6.45, 7) is 6.28. The number of hydrogen-bond acceptors (Lipinski definition) is 4. The zero-order chi connectivity index (χ0) is 13.8. The Balaban J connectivity index is 2.82. The summed E-state index contributed by atoms with van der Waals surface area (Å²) in [5, 5.41) is 3.10. The third-order valence-electron chi connectivity index (χ3n) is 2.65. The van der Waals surface area contributed by atoms with Crippen molar-refractivity contribution in [2.45, 2.75) is 31.7 Å². The van der Waals surface area contributed by atoms with Crippen LogP contribution in [0.1, 0.15) is 19.4 Å². The number of nitrogens with one attached hydrogen (secondary N) is 1. The fourth-order valence-corrected chi connectivity index (χ4v) is 2.90. The molecule has 1 aromatic rings. The summed E-state index contributed by atoms with van der Waals surface area (Å²) in [5.74, 6) is 0.811. The normalized spacial score (nSPS) is 11.8. The van der Waals surface area contributed by atoms with Gasteiger partial charge < -0.3 is 10.1 Å². The minimum atomic E-state index is -3.22. The van der Waals surface area contributed by atoms with Gasteiger partial charge in [-0.3, -0.25) is 0 Å². The van der Waals surface area contributed by atoms with Crippen LogP contribution in [0, 0.1) is 6.92 Å². The van der Waals surface area contributed by atoms with E-state index in [1.807, 2.05) is 20.8 Å². The van der Waals surface area contributed by atoms with Crippen LogP contribution < -0.4 is 10.1 Å². The van der Waals surface area contributed by atoms with Crippen LogP contribution in [0.15, 0.2) is 23.1 Å². The largest absolute Gasteiger partial charge is 0.496 e. The molecule has 0 radical (unpaired) electrons. The Labute approximate surface area is 109 Å². The quantitative estimate of drug-likeness (QED) is 0.857. The van der Waals surface area contributed by atoms with Crippen molar-refractivity contribution >= 4 is 9.84 Å². The summed E-state index contributed by atoms with van der Waals surface area (Å²) >= 11 is 0. The number of ether oxygens (including phenoxy) is 1. The molecule has 0 atom stereocenters. The molecule has 5 heteroatoms. The van der Waals surface area contributed by atoms with Gasteiger partial charge in [-0.1, -0.05) is 13.8 Å². The SMILES string of the molecule is COc1ccc(S(=O)(=O)CCNC(C)C)cc1C. The predicted octanol–water partition coefficient (Wildman–Crippen LogP) is 1.78. The average molecular weight is 271 g/mol. The molecule has 0 amide bonds. The summed E-state index contributed by atoms with van der Waals surface area (Å²) in [6.07, 6.45) is 0. The second-order valence-electron chi connectivity index (χ2n) is 4.56. The molecule has 1 N–H and O–H groups in total. The Bertz CT molecular complexity index is 495. The van der Waals surface area contributed by atoms with Gasteiger partial charge in [0, 0.05) is 12.6 Å². The van der Waals surface area contributed by atoms with Crippen molar-refractivity contribution in [3.63, 3.8) is 0 Å². The summed E-state index contributed by atoms with van der Waals surface area (Å²) in [4.78, 5) is 0.353. The monoisotopic (exact) mass is 271 g/mol. The molecule has 0 saturated heterocycles. The van der Waals surface area contributed by atoms with E-state index in [1.54, 1.807) is 25.3 Å². The fourth-order valence-electron chi connectivity index (χ4n) is 1.64. The number of methoxy groups -OCH3 is 1. The van der Waals surface area contributed by atoms with Crippen molar-refractivity contribution in [3.8, 4) is 5.75 Å². The highest BCUT2D eigenvalue weighted by Gasteiger charge is 2.15. The van der Waals surface area contributed by atoms with Gasteiger partial charge in [-0.05, 0) is 30.7 Å². The zero-order valence-corrected chi connectivity index (χ0v) is 12.2. The lowest BCUT2D eigenvalue weighted by atomic mass is 10.2. The summed E-state index contributed by atoms with van der Waals surface area (Å²) < 4.78 is 29.3. The Hall–Kier alpha value is -1.07. The van der Waals surface area contributed by atoms with Crippen molar-refractivity contribution in [2.24, 2.45) is 0 Å². The Kier molecular flexibility index (Phi) is 5.16. The topological polar surface area (TPSA) is 55.4 Å². The van der Waals surface area contributed by atoms with Gasteiger partial charge in [0.25, 0.3) is 0 Å². The van der Waals surface area contributed by atoms with Crippen molar-refractivity contribution in [1.29, 1.82) is 0 Å². The van der Waals surface area contributed by atoms with Crippen LogP contribution in [-0.4, -0.2) is 33.9 Å². The van der Waals surface area contributed by atoms with Gasteiger partial charge in [0.2, 0.25) is 0 Å². The zero-order valence-electron chi connectivity index (χ0n) is 11.4. The minimum absolute atomic E-state index is 0.108. The molecular formula is C13H21NO3S. The lowest BCUT2D eigenvalue weighted by Crippen LogP contribution is -2.28. The molecule has 1 rings (SSSR count). The highest BCUT2D eigenvalue weighted by molar-refractivity contribution is 7.91. The van der Waals surface area contributed by atoms with Crippen molar-refractivity contribution in [1.82, 2.24) is 5.32 Å². The van der Waals surface area contributed by atoms with Crippen LogP contribution in [0.4, 0.5) is 0 Å². The predicted molar refractivity (Wildman–Crippen MR) is 72.9 cm³/mol. The molecule has 18 heavy (non-hydrogen) atoms. The van der Waals surface area contributed by atoms with Gasteiger partial charge in [0.15, 0.2) is 9.84 Å². The summed E-state index contributed by atoms with van der Waals surface area (Å²) in [6, 6.07) is 5.23. The van der Waals surface area contributed by atoms with Gasteiger partial charge in [0.05, 0.1) is 17.8 Å². The van der Waals surface area contributed by atoms with E-state index >= 15 is 0 Å². The van der Waals surface area contributed by atoms with E-state index in [-0.39, 0.29) is 11.8 Å². The number of benzene rings is 1. The molecule has 0 aliphatic carbocycles. The molecule has 0 bridgehead atoms. The molecule has 0 heterocycles. The first-order valence-electron chi connectivity index (χ1n) is 5.97. The molecular weight excluding hydrogens is 250 g/mol. The van der Waals surface area contributed by atoms with E-state index in [2.05, 4.69) is 5.32 Å². The van der Waals surface area contributed by atoms with Crippen molar-refractivity contribution < 1.29 is 13.2 Å². The smallest absolute Gasteiger partial charge is 0.179 e. The Morgan fingerprint density at radius 2 is 2.00 bits per heavy atom. The first-order chi connectivity index (χ1) is 8.36. The molecule has 0 fully saturated rings. The number of aryl methyl sites for hydroxylation is 1. The molecule has 0 saturated carbocycles. The van der Waals surface area contributed by atoms with Gasteiger partial charge in [-0.2, -0.15) is 0 Å². The Morgan fingerprint density at radius 3 is 2.50 bits per heavy atom. The van der Waals surface area contributed by atoms with Crippen LogP contribution in [0.2, 0.25) is 0 Å². The molecule has 0 unspecified atom stereocenters. The van der Waals surface area contributed by atoms with Gasteiger partial charge in [-0.25, -0.2) is 8.42 Å². The lowest BCUT2D eigenvalue weighted by Gasteiger charge is -2.10. The molecule has 0 aliphatic rings. The molecule has 1 aromatic carbocycles. The van der Waals surface area contributed by atoms with Crippen LogP contribution in [0.5, 0.6) is 5.75 Å². The maximum atomic E-state index is 12.1. The van der Waals surface area contributed by atoms with Crippen LogP contribution in [0.3, 0.4) is 0 Å². The van der Waals surface area contributed by atoms with Crippen LogP contribution in [-0.2, 0) is 9.84 Å². The molecule has 102 valence electrons. The number of rotatable bonds is 6. The highest BCUT2D eigenvalue weighted by Crippen LogP contribution is 2.21. The van der Waals surface area contributed by atoms with Crippen molar-refractivity contribution in [2.75, 3.05) is 19.4 Å². The van der Waals surface area contributed by atoms with Crippen LogP contribution in [0.25, 0.3) is 0 Å². The second kappa shape index (κ2) is 6.20. The van der Waals surface area contributed by atoms with E-state index < -0.39 is 9.84 Å². The van der Waals surface area contributed by atoms with E-state index in [9.17, 15) is 8.42 Å². The van der Waals surface area contributed by atoms with Crippen LogP contribution >= 0.6 is 0 Å². The summed E-state index contributed by atoms with van der Waals surface area (Å²) in [5.41, 5.74) is 0.829. The lowest BCUT2D eigenvalue weighted by molar-refractivity contribution is 0.411. The van der Waals surface area contributed by atoms with E-state index in [1.165, 1.54) is 0 Å². The number of hydrogen-bond donors (Lipinski definition) is 1. The standard InChI is InChI=1S/C13H21NO3S/c1-10(2)14-7-8-18(15,16)12-5-6-13(17-4)11(3)9-12/h5-6,9-10,14H,7-8H2,1-4H3. The fraction of sp³-hybridized carbons (Fsp3) is 0.538. The third-order valence-corrected chi connectivity index (χ3v) is 4.36. The average Bonchev–Trinajstić information content (AvgIpc) is 2.28. The summed E-state index contributed by atoms with van der Waals surface area (Å²) in [7, 11) is -1.65. The van der Waals surface area contributed by atoms with E-state index in [0.29, 0.717) is 17.2 Å². The minimum Gasteiger partial charge on any atom is -0.496 e. The van der Waals surface area contributed by atoms with Crippen molar-refractivity contribution in [3.05, 3.63) is 23.8 Å². The maximum Gasteiger partial charge on any atom is 0.179 e. The molecule has 0 aliphatic heterocycles. The van der Waals surface area contributed by atoms with Gasteiger partial charge in [0.1, 0.15) is 5.75 Å². The van der Waals surface area contributed by atoms with Gasteiger partial charge >= 0.3 is 0 Å².